The number of carbonyl (C=O) groups excluding carboxylic acids is 1. The Bertz CT molecular complexity index is 358. The Labute approximate surface area is 99.8 Å². The van der Waals surface area contributed by atoms with Gasteiger partial charge in [-0.25, -0.2) is 4.98 Å². The number of Topliss-reactive ketones (excluding diaryl/α,β-unsaturated/α-hetero) is 1. The third-order valence-corrected chi connectivity index (χ3v) is 3.89. The molecule has 0 bridgehead atoms. The van der Waals surface area contributed by atoms with E-state index in [1.807, 2.05) is 29.6 Å². The van der Waals surface area contributed by atoms with Crippen LogP contribution in [0.5, 0.6) is 0 Å². The van der Waals surface area contributed by atoms with Crippen molar-refractivity contribution in [2.24, 2.45) is 7.05 Å². The highest BCUT2D eigenvalue weighted by atomic mass is 32.2. The van der Waals surface area contributed by atoms with Crippen molar-refractivity contribution in [2.75, 3.05) is 18.1 Å². The topological polar surface area (TPSA) is 46.9 Å². The molecule has 1 saturated heterocycles. The first kappa shape index (κ1) is 11.7. The maximum Gasteiger partial charge on any atom is 0.151 e. The van der Waals surface area contributed by atoms with E-state index in [1.54, 1.807) is 6.20 Å². The molecular formula is C11H17N3OS. The smallest absolute Gasteiger partial charge is 0.151 e. The number of thioether (sulfide) groups is 1. The monoisotopic (exact) mass is 239 g/mol. The number of ketones is 1. The lowest BCUT2D eigenvalue weighted by atomic mass is 10.1. The average molecular weight is 239 g/mol. The molecule has 5 heteroatoms. The van der Waals surface area contributed by atoms with Gasteiger partial charge in [0, 0.05) is 50.3 Å². The predicted molar refractivity (Wildman–Crippen MR) is 65.7 cm³/mol. The largest absolute Gasteiger partial charge is 0.338 e. The van der Waals surface area contributed by atoms with Crippen LogP contribution in [0.2, 0.25) is 0 Å². The molecule has 0 aromatic carbocycles. The minimum atomic E-state index is 0.0546. The van der Waals surface area contributed by atoms with Gasteiger partial charge in [0.2, 0.25) is 0 Å². The number of nitrogens with one attached hydrogen (secondary N) is 1. The first-order valence-electron chi connectivity index (χ1n) is 5.57. The second-order valence-electron chi connectivity index (χ2n) is 4.00. The quantitative estimate of drug-likeness (QED) is 0.837. The van der Waals surface area contributed by atoms with Crippen LogP contribution in [0.1, 0.15) is 12.2 Å². The summed E-state index contributed by atoms with van der Waals surface area (Å²) < 4.78 is 1.97. The number of hydrogen-bond acceptors (Lipinski definition) is 4. The molecule has 0 amide bonds. The van der Waals surface area contributed by atoms with Crippen molar-refractivity contribution in [1.29, 1.82) is 0 Å². The average Bonchev–Trinajstić information content (AvgIpc) is 2.73. The van der Waals surface area contributed by atoms with Gasteiger partial charge in [-0.15, -0.1) is 0 Å². The Morgan fingerprint density at radius 2 is 2.62 bits per heavy atom. The standard InChI is InChI=1S/C11H17N3OS/c1-14-6-4-13-11(14)3-2-10(15)9-8-16-7-5-12-9/h4,6,9,12H,2-3,5,7-8H2,1H3. The maximum absolute atomic E-state index is 11.9. The molecular weight excluding hydrogens is 222 g/mol. The van der Waals surface area contributed by atoms with E-state index in [4.69, 9.17) is 0 Å². The molecule has 4 nitrogen and oxygen atoms in total. The second kappa shape index (κ2) is 5.50. The van der Waals surface area contributed by atoms with Crippen molar-refractivity contribution in [1.82, 2.24) is 14.9 Å². The van der Waals surface area contributed by atoms with Gasteiger partial charge in [-0.1, -0.05) is 0 Å². The Kier molecular flexibility index (Phi) is 4.01. The van der Waals surface area contributed by atoms with Gasteiger partial charge < -0.3 is 9.88 Å². The zero-order chi connectivity index (χ0) is 11.4. The summed E-state index contributed by atoms with van der Waals surface area (Å²) in [6, 6.07) is 0.0546. The molecule has 2 rings (SSSR count). The van der Waals surface area contributed by atoms with Gasteiger partial charge in [0.1, 0.15) is 5.82 Å². The number of aromatic nitrogens is 2. The lowest BCUT2D eigenvalue weighted by Gasteiger charge is -2.21. The fourth-order valence-electron chi connectivity index (χ4n) is 1.82. The van der Waals surface area contributed by atoms with E-state index in [2.05, 4.69) is 10.3 Å². The molecule has 1 unspecified atom stereocenters. The van der Waals surface area contributed by atoms with Crippen molar-refractivity contribution in [3.63, 3.8) is 0 Å². The van der Waals surface area contributed by atoms with Crippen molar-refractivity contribution in [2.45, 2.75) is 18.9 Å². The van der Waals surface area contributed by atoms with Crippen LogP contribution in [0.4, 0.5) is 0 Å². The fraction of sp³-hybridized carbons (Fsp3) is 0.636. The Morgan fingerprint density at radius 3 is 3.25 bits per heavy atom. The Hall–Kier alpha value is -0.810. The highest BCUT2D eigenvalue weighted by Gasteiger charge is 2.20. The van der Waals surface area contributed by atoms with Gasteiger partial charge >= 0.3 is 0 Å². The summed E-state index contributed by atoms with van der Waals surface area (Å²) in [7, 11) is 1.96. The fourth-order valence-corrected chi connectivity index (χ4v) is 2.79. The number of hydrogen-bond donors (Lipinski definition) is 1. The van der Waals surface area contributed by atoms with Crippen LogP contribution >= 0.6 is 11.8 Å². The highest BCUT2D eigenvalue weighted by Crippen LogP contribution is 2.10. The van der Waals surface area contributed by atoms with Crippen LogP contribution in [0.3, 0.4) is 0 Å². The molecule has 0 radical (unpaired) electrons. The number of carbonyl (C=O) groups is 1. The minimum absolute atomic E-state index is 0.0546. The molecule has 2 heterocycles. The van der Waals surface area contributed by atoms with Gasteiger partial charge in [0.25, 0.3) is 0 Å². The van der Waals surface area contributed by atoms with Crippen LogP contribution in [0.25, 0.3) is 0 Å². The molecule has 0 saturated carbocycles. The number of imidazole rings is 1. The molecule has 88 valence electrons. The van der Waals surface area contributed by atoms with Gasteiger partial charge in [-0.3, -0.25) is 4.79 Å². The van der Waals surface area contributed by atoms with Gasteiger partial charge in [-0.05, 0) is 0 Å². The van der Waals surface area contributed by atoms with E-state index >= 15 is 0 Å². The number of nitrogens with zero attached hydrogens (tertiary/aromatic N) is 2. The van der Waals surface area contributed by atoms with Gasteiger partial charge in [0.05, 0.1) is 6.04 Å². The first-order valence-corrected chi connectivity index (χ1v) is 6.73. The summed E-state index contributed by atoms with van der Waals surface area (Å²) in [5, 5.41) is 3.27. The van der Waals surface area contributed by atoms with E-state index in [9.17, 15) is 4.79 Å². The molecule has 1 aromatic heterocycles. The molecule has 1 aromatic rings. The van der Waals surface area contributed by atoms with Crippen molar-refractivity contribution in [3.8, 4) is 0 Å². The second-order valence-corrected chi connectivity index (χ2v) is 5.15. The van der Waals surface area contributed by atoms with Crippen LogP contribution in [-0.4, -0.2) is 39.4 Å². The van der Waals surface area contributed by atoms with E-state index in [0.29, 0.717) is 12.2 Å². The summed E-state index contributed by atoms with van der Waals surface area (Å²) in [4.78, 5) is 16.1. The highest BCUT2D eigenvalue weighted by molar-refractivity contribution is 7.99. The van der Waals surface area contributed by atoms with Crippen LogP contribution in [-0.2, 0) is 18.3 Å². The molecule has 16 heavy (non-hydrogen) atoms. The summed E-state index contributed by atoms with van der Waals surface area (Å²) >= 11 is 1.85. The van der Waals surface area contributed by atoms with E-state index in [-0.39, 0.29) is 6.04 Å². The SMILES string of the molecule is Cn1ccnc1CCC(=O)C1CSCCN1. The Balaban J connectivity index is 1.81. The number of rotatable bonds is 4. The lowest BCUT2D eigenvalue weighted by molar-refractivity contribution is -0.120. The summed E-state index contributed by atoms with van der Waals surface area (Å²) in [5.41, 5.74) is 0. The molecule has 1 aliphatic heterocycles. The van der Waals surface area contributed by atoms with E-state index in [1.165, 1.54) is 0 Å². The van der Waals surface area contributed by atoms with E-state index < -0.39 is 0 Å². The molecule has 0 spiro atoms. The van der Waals surface area contributed by atoms with Crippen LogP contribution in [0, 0.1) is 0 Å². The zero-order valence-corrected chi connectivity index (χ0v) is 10.3. The molecule has 1 atom stereocenters. The third-order valence-electron chi connectivity index (χ3n) is 2.83. The van der Waals surface area contributed by atoms with E-state index in [0.717, 1.165) is 30.3 Å². The molecule has 1 fully saturated rings. The van der Waals surface area contributed by atoms with Crippen molar-refractivity contribution >= 4 is 17.5 Å². The van der Waals surface area contributed by atoms with Crippen molar-refractivity contribution in [3.05, 3.63) is 18.2 Å². The molecule has 1 aliphatic rings. The minimum Gasteiger partial charge on any atom is -0.338 e. The first-order chi connectivity index (χ1) is 7.77. The van der Waals surface area contributed by atoms with Crippen molar-refractivity contribution < 1.29 is 4.79 Å². The Morgan fingerprint density at radius 1 is 1.75 bits per heavy atom. The zero-order valence-electron chi connectivity index (χ0n) is 9.48. The maximum atomic E-state index is 11.9. The number of aryl methyl sites for hydroxylation is 2. The lowest BCUT2D eigenvalue weighted by Crippen LogP contribution is -2.43. The van der Waals surface area contributed by atoms with Gasteiger partial charge in [0.15, 0.2) is 5.78 Å². The predicted octanol–water partition coefficient (Wildman–Crippen LogP) is 0.627. The summed E-state index contributed by atoms with van der Waals surface area (Å²) in [6.45, 7) is 0.948. The normalized spacial score (nSPS) is 20.9. The summed E-state index contributed by atoms with van der Waals surface area (Å²) in [6.07, 6.45) is 5.01. The van der Waals surface area contributed by atoms with Gasteiger partial charge in [-0.2, -0.15) is 11.8 Å². The van der Waals surface area contributed by atoms with Crippen LogP contribution in [0.15, 0.2) is 12.4 Å². The summed E-state index contributed by atoms with van der Waals surface area (Å²) in [5.74, 6) is 3.33. The third kappa shape index (κ3) is 2.86. The van der Waals surface area contributed by atoms with Crippen LogP contribution < -0.4 is 5.32 Å². The molecule has 1 N–H and O–H groups in total. The molecule has 0 aliphatic carbocycles.